The van der Waals surface area contributed by atoms with Crippen LogP contribution in [0.1, 0.15) is 17.1 Å². The van der Waals surface area contributed by atoms with E-state index in [0.717, 1.165) is 0 Å². The molecule has 0 aliphatic heterocycles. The normalized spacial score (nSPS) is 11.3. The lowest BCUT2D eigenvalue weighted by molar-refractivity contribution is 0.496. The van der Waals surface area contributed by atoms with Gasteiger partial charge in [0.15, 0.2) is 5.82 Å². The van der Waals surface area contributed by atoms with Gasteiger partial charge in [-0.1, -0.05) is 0 Å². The SMILES string of the molecule is Cc1cc(S(=O)(=O)Nc2c(C#N)cnn2C)c(C)o1. The molecule has 0 atom stereocenters. The van der Waals surface area contributed by atoms with Crippen molar-refractivity contribution in [1.29, 1.82) is 5.26 Å². The van der Waals surface area contributed by atoms with E-state index in [0.29, 0.717) is 11.5 Å². The molecule has 0 spiro atoms. The van der Waals surface area contributed by atoms with Crippen LogP contribution in [-0.2, 0) is 17.1 Å². The Morgan fingerprint density at radius 3 is 2.68 bits per heavy atom. The largest absolute Gasteiger partial charge is 0.465 e. The molecule has 100 valence electrons. The molecular weight excluding hydrogens is 268 g/mol. The molecule has 0 saturated carbocycles. The van der Waals surface area contributed by atoms with Gasteiger partial charge in [0.2, 0.25) is 0 Å². The zero-order chi connectivity index (χ0) is 14.2. The minimum atomic E-state index is -3.80. The first-order chi connectivity index (χ1) is 8.85. The van der Waals surface area contributed by atoms with Gasteiger partial charge in [0.1, 0.15) is 28.0 Å². The van der Waals surface area contributed by atoms with Crippen LogP contribution in [0, 0.1) is 25.2 Å². The average Bonchev–Trinajstić information content (AvgIpc) is 2.83. The third-order valence-electron chi connectivity index (χ3n) is 2.58. The molecule has 2 aromatic heterocycles. The summed E-state index contributed by atoms with van der Waals surface area (Å²) < 4.78 is 33.3. The molecule has 0 radical (unpaired) electrons. The van der Waals surface area contributed by atoms with E-state index >= 15 is 0 Å². The lowest BCUT2D eigenvalue weighted by atomic mass is 10.4. The van der Waals surface area contributed by atoms with Gasteiger partial charge in [-0.25, -0.2) is 8.42 Å². The van der Waals surface area contributed by atoms with Crippen LogP contribution < -0.4 is 4.72 Å². The average molecular weight is 280 g/mol. The van der Waals surface area contributed by atoms with Gasteiger partial charge in [-0.15, -0.1) is 0 Å². The van der Waals surface area contributed by atoms with Gasteiger partial charge in [0.05, 0.1) is 6.20 Å². The molecular formula is C11H12N4O3S. The topological polar surface area (TPSA) is 101 Å². The fraction of sp³-hybridized carbons (Fsp3) is 0.273. The number of hydrogen-bond donors (Lipinski definition) is 1. The van der Waals surface area contributed by atoms with Gasteiger partial charge in [-0.3, -0.25) is 9.40 Å². The molecule has 2 aromatic rings. The van der Waals surface area contributed by atoms with Crippen LogP contribution in [0.4, 0.5) is 5.82 Å². The number of furan rings is 1. The highest BCUT2D eigenvalue weighted by atomic mass is 32.2. The van der Waals surface area contributed by atoms with Crippen LogP contribution in [0.2, 0.25) is 0 Å². The number of aromatic nitrogens is 2. The first-order valence-electron chi connectivity index (χ1n) is 5.37. The maximum atomic E-state index is 12.2. The highest BCUT2D eigenvalue weighted by Gasteiger charge is 2.23. The first-order valence-corrected chi connectivity index (χ1v) is 6.85. The lowest BCUT2D eigenvalue weighted by Crippen LogP contribution is -2.16. The lowest BCUT2D eigenvalue weighted by Gasteiger charge is -2.07. The predicted molar refractivity (Wildman–Crippen MR) is 66.9 cm³/mol. The molecule has 2 heterocycles. The zero-order valence-electron chi connectivity index (χ0n) is 10.6. The molecule has 0 amide bonds. The first kappa shape index (κ1) is 13.2. The summed E-state index contributed by atoms with van der Waals surface area (Å²) in [5.41, 5.74) is 0.156. The van der Waals surface area contributed by atoms with Crippen molar-refractivity contribution < 1.29 is 12.8 Å². The third kappa shape index (κ3) is 2.32. The van der Waals surface area contributed by atoms with E-state index in [1.165, 1.54) is 16.9 Å². The van der Waals surface area contributed by atoms with E-state index in [4.69, 9.17) is 9.68 Å². The van der Waals surface area contributed by atoms with E-state index in [-0.39, 0.29) is 16.3 Å². The second-order valence-corrected chi connectivity index (χ2v) is 5.68. The highest BCUT2D eigenvalue weighted by Crippen LogP contribution is 2.23. The van der Waals surface area contributed by atoms with Crippen LogP contribution in [0.15, 0.2) is 21.6 Å². The standard InChI is InChI=1S/C11H12N4O3S/c1-7-4-10(8(2)18-7)19(16,17)14-11-9(5-12)6-13-15(11)3/h4,6,14H,1-3H3. The number of hydrogen-bond acceptors (Lipinski definition) is 5. The van der Waals surface area contributed by atoms with Crippen molar-refractivity contribution in [2.75, 3.05) is 4.72 Å². The summed E-state index contributed by atoms with van der Waals surface area (Å²) in [5, 5.41) is 12.7. The molecule has 1 N–H and O–H groups in total. The Bertz CT molecular complexity index is 764. The van der Waals surface area contributed by atoms with Gasteiger partial charge in [-0.2, -0.15) is 10.4 Å². The number of nitrogens with zero attached hydrogens (tertiary/aromatic N) is 3. The van der Waals surface area contributed by atoms with Crippen molar-refractivity contribution in [2.24, 2.45) is 7.05 Å². The van der Waals surface area contributed by atoms with Gasteiger partial charge < -0.3 is 4.42 Å². The van der Waals surface area contributed by atoms with E-state index in [1.807, 2.05) is 6.07 Å². The summed E-state index contributed by atoms with van der Waals surface area (Å²) in [7, 11) is -2.26. The summed E-state index contributed by atoms with van der Waals surface area (Å²) in [6.45, 7) is 3.23. The molecule has 0 fully saturated rings. The van der Waals surface area contributed by atoms with Crippen molar-refractivity contribution in [2.45, 2.75) is 18.7 Å². The Labute approximate surface area is 110 Å². The number of aryl methyl sites for hydroxylation is 3. The molecule has 7 nitrogen and oxygen atoms in total. The summed E-state index contributed by atoms with van der Waals surface area (Å²) in [6.07, 6.45) is 1.30. The van der Waals surface area contributed by atoms with Crippen LogP contribution in [0.5, 0.6) is 0 Å². The van der Waals surface area contributed by atoms with Gasteiger partial charge in [0.25, 0.3) is 10.0 Å². The quantitative estimate of drug-likeness (QED) is 0.913. The summed E-state index contributed by atoms with van der Waals surface area (Å²) in [6, 6.07) is 3.31. The Morgan fingerprint density at radius 2 is 2.16 bits per heavy atom. The molecule has 0 aromatic carbocycles. The molecule has 0 saturated heterocycles. The Morgan fingerprint density at radius 1 is 1.47 bits per heavy atom. The highest BCUT2D eigenvalue weighted by molar-refractivity contribution is 7.92. The molecule has 0 aliphatic carbocycles. The monoisotopic (exact) mass is 280 g/mol. The van der Waals surface area contributed by atoms with Crippen LogP contribution in [0.25, 0.3) is 0 Å². The number of rotatable bonds is 3. The van der Waals surface area contributed by atoms with Crippen molar-refractivity contribution in [3.8, 4) is 6.07 Å². The van der Waals surface area contributed by atoms with Gasteiger partial charge in [0, 0.05) is 13.1 Å². The zero-order valence-corrected chi connectivity index (χ0v) is 11.4. The molecule has 0 unspecified atom stereocenters. The van der Waals surface area contributed by atoms with Crippen molar-refractivity contribution in [1.82, 2.24) is 9.78 Å². The van der Waals surface area contributed by atoms with Crippen molar-refractivity contribution in [3.63, 3.8) is 0 Å². The fourth-order valence-electron chi connectivity index (χ4n) is 1.70. The summed E-state index contributed by atoms with van der Waals surface area (Å²) >= 11 is 0. The minimum Gasteiger partial charge on any atom is -0.465 e. The fourth-order valence-corrected chi connectivity index (χ4v) is 3.04. The number of nitrogens with one attached hydrogen (secondary N) is 1. The van der Waals surface area contributed by atoms with Crippen LogP contribution in [0.3, 0.4) is 0 Å². The second-order valence-electron chi connectivity index (χ2n) is 4.03. The van der Waals surface area contributed by atoms with Gasteiger partial charge in [-0.05, 0) is 13.8 Å². The van der Waals surface area contributed by atoms with E-state index in [9.17, 15) is 8.42 Å². The second kappa shape index (κ2) is 4.44. The maximum absolute atomic E-state index is 12.2. The Balaban J connectivity index is 2.45. The van der Waals surface area contributed by atoms with Gasteiger partial charge >= 0.3 is 0 Å². The van der Waals surface area contributed by atoms with Crippen molar-refractivity contribution >= 4 is 15.8 Å². The van der Waals surface area contributed by atoms with Crippen molar-refractivity contribution in [3.05, 3.63) is 29.3 Å². The minimum absolute atomic E-state index is 0.0510. The number of anilines is 1. The van der Waals surface area contributed by atoms with E-state index in [1.54, 1.807) is 20.9 Å². The smallest absolute Gasteiger partial charge is 0.266 e. The molecule has 8 heteroatoms. The molecule has 0 aliphatic rings. The molecule has 2 rings (SSSR count). The third-order valence-corrected chi connectivity index (χ3v) is 4.02. The number of nitriles is 1. The molecule has 0 bridgehead atoms. The Kier molecular flexibility index (Phi) is 3.08. The van der Waals surface area contributed by atoms with Crippen LogP contribution >= 0.6 is 0 Å². The van der Waals surface area contributed by atoms with Crippen LogP contribution in [-0.4, -0.2) is 18.2 Å². The van der Waals surface area contributed by atoms with E-state index < -0.39 is 10.0 Å². The summed E-state index contributed by atoms with van der Waals surface area (Å²) in [4.78, 5) is 0.0510. The molecule has 19 heavy (non-hydrogen) atoms. The maximum Gasteiger partial charge on any atom is 0.266 e. The summed E-state index contributed by atoms with van der Waals surface area (Å²) in [5.74, 6) is 0.926. The predicted octanol–water partition coefficient (Wildman–Crippen LogP) is 1.30. The Hall–Kier alpha value is -2.27. The van der Waals surface area contributed by atoms with E-state index in [2.05, 4.69) is 9.82 Å². The number of sulfonamides is 1.